The van der Waals surface area contributed by atoms with Gasteiger partial charge in [-0.15, -0.1) is 11.3 Å². The van der Waals surface area contributed by atoms with E-state index in [0.717, 1.165) is 15.0 Å². The molecule has 0 aromatic carbocycles. The van der Waals surface area contributed by atoms with E-state index in [1.165, 1.54) is 15.9 Å². The zero-order valence-electron chi connectivity index (χ0n) is 10.4. The second kappa shape index (κ2) is 5.30. The summed E-state index contributed by atoms with van der Waals surface area (Å²) in [5.74, 6) is -1.18. The average molecular weight is 342 g/mol. The van der Waals surface area contributed by atoms with Gasteiger partial charge in [0.15, 0.2) is 0 Å². The van der Waals surface area contributed by atoms with Crippen LogP contribution >= 0.6 is 27.3 Å². The molecule has 0 aliphatic heterocycles. The number of hydrogen-bond donors (Lipinski definition) is 1. The van der Waals surface area contributed by atoms with Gasteiger partial charge in [-0.2, -0.15) is 0 Å². The first kappa shape index (κ1) is 14.0. The third-order valence-corrected chi connectivity index (χ3v) is 4.82. The molecule has 0 spiro atoms. The van der Waals surface area contributed by atoms with E-state index in [4.69, 9.17) is 5.11 Å². The summed E-state index contributed by atoms with van der Waals surface area (Å²) in [4.78, 5) is 24.4. The Kier molecular flexibility index (Phi) is 3.91. The van der Waals surface area contributed by atoms with Crippen LogP contribution in [0.1, 0.15) is 26.5 Å². The number of pyridine rings is 1. The molecular formula is C13H12BrNO3S. The number of aryl methyl sites for hydroxylation is 2. The minimum Gasteiger partial charge on any atom is -0.477 e. The molecule has 2 rings (SSSR count). The molecule has 2 aromatic heterocycles. The fraction of sp³-hybridized carbons (Fsp3) is 0.231. The summed E-state index contributed by atoms with van der Waals surface area (Å²) in [6.45, 7) is 3.83. The molecule has 0 amide bonds. The second-order valence-electron chi connectivity index (χ2n) is 4.23. The molecule has 0 bridgehead atoms. The smallest absolute Gasteiger partial charge is 0.341 e. The van der Waals surface area contributed by atoms with Crippen molar-refractivity contribution in [3.05, 3.63) is 54.0 Å². The molecule has 6 heteroatoms. The van der Waals surface area contributed by atoms with Crippen LogP contribution in [0.2, 0.25) is 0 Å². The van der Waals surface area contributed by atoms with Gasteiger partial charge in [-0.1, -0.05) is 0 Å². The lowest BCUT2D eigenvalue weighted by molar-refractivity contribution is 0.0693. The number of rotatable bonds is 3. The predicted octanol–water partition coefficient (Wildman–Crippen LogP) is 3.04. The molecule has 4 nitrogen and oxygen atoms in total. The Hall–Kier alpha value is -1.40. The molecule has 2 aromatic rings. The van der Waals surface area contributed by atoms with Crippen LogP contribution in [0.15, 0.2) is 26.8 Å². The van der Waals surface area contributed by atoms with Crippen LogP contribution in [0.5, 0.6) is 0 Å². The van der Waals surface area contributed by atoms with E-state index in [0.29, 0.717) is 12.1 Å². The molecule has 0 saturated carbocycles. The number of aromatic nitrogens is 1. The Bertz CT molecular complexity index is 702. The zero-order valence-corrected chi connectivity index (χ0v) is 12.8. The van der Waals surface area contributed by atoms with Crippen molar-refractivity contribution in [2.45, 2.75) is 20.4 Å². The molecule has 0 radical (unpaired) electrons. The minimum absolute atomic E-state index is 0.154. The van der Waals surface area contributed by atoms with Crippen LogP contribution in [0.25, 0.3) is 0 Å². The Balaban J connectivity index is 2.58. The van der Waals surface area contributed by atoms with Crippen LogP contribution in [0, 0.1) is 13.8 Å². The summed E-state index contributed by atoms with van der Waals surface area (Å²) in [7, 11) is 0. The normalized spacial score (nSPS) is 10.7. The van der Waals surface area contributed by atoms with Crippen molar-refractivity contribution in [3.63, 3.8) is 0 Å². The standard InChI is InChI=1S/C13H12BrNO3S/c1-7-5-8(2)15(12(16)11(7)13(17)18)6-10-9(14)3-4-19-10/h3-5H,6H2,1-2H3,(H,17,18). The predicted molar refractivity (Wildman–Crippen MR) is 78.3 cm³/mol. The Morgan fingerprint density at radius 3 is 2.68 bits per heavy atom. The summed E-state index contributed by atoms with van der Waals surface area (Å²) < 4.78 is 2.42. The van der Waals surface area contributed by atoms with Gasteiger partial charge in [0.2, 0.25) is 0 Å². The van der Waals surface area contributed by atoms with Gasteiger partial charge in [0, 0.05) is 15.0 Å². The topological polar surface area (TPSA) is 59.3 Å². The summed E-state index contributed by atoms with van der Waals surface area (Å²) in [6, 6.07) is 3.64. The maximum Gasteiger partial charge on any atom is 0.341 e. The van der Waals surface area contributed by atoms with Gasteiger partial charge in [-0.3, -0.25) is 4.79 Å². The van der Waals surface area contributed by atoms with E-state index in [2.05, 4.69) is 15.9 Å². The second-order valence-corrected chi connectivity index (χ2v) is 6.09. The zero-order chi connectivity index (χ0) is 14.2. The summed E-state index contributed by atoms with van der Waals surface area (Å²) >= 11 is 4.94. The molecule has 0 saturated heterocycles. The lowest BCUT2D eigenvalue weighted by atomic mass is 10.1. The maximum atomic E-state index is 12.3. The van der Waals surface area contributed by atoms with Crippen LogP contribution < -0.4 is 5.56 Å². The lowest BCUT2D eigenvalue weighted by Gasteiger charge is -2.12. The molecule has 0 atom stereocenters. The number of carbonyl (C=O) groups is 1. The van der Waals surface area contributed by atoms with Crippen LogP contribution in [0.4, 0.5) is 0 Å². The number of nitrogens with zero attached hydrogens (tertiary/aromatic N) is 1. The van der Waals surface area contributed by atoms with E-state index in [1.54, 1.807) is 13.0 Å². The monoisotopic (exact) mass is 341 g/mol. The quantitative estimate of drug-likeness (QED) is 0.933. The van der Waals surface area contributed by atoms with Crippen molar-refractivity contribution >= 4 is 33.2 Å². The Labute approximate surface area is 122 Å². The fourth-order valence-electron chi connectivity index (χ4n) is 1.97. The van der Waals surface area contributed by atoms with Crippen molar-refractivity contribution in [2.24, 2.45) is 0 Å². The van der Waals surface area contributed by atoms with Gasteiger partial charge in [0.1, 0.15) is 5.56 Å². The van der Waals surface area contributed by atoms with Crippen LogP contribution in [-0.2, 0) is 6.54 Å². The van der Waals surface area contributed by atoms with Gasteiger partial charge in [-0.25, -0.2) is 4.79 Å². The fourth-order valence-corrected chi connectivity index (χ4v) is 3.43. The number of halogens is 1. The van der Waals surface area contributed by atoms with E-state index in [-0.39, 0.29) is 5.56 Å². The molecule has 2 heterocycles. The van der Waals surface area contributed by atoms with Crippen LogP contribution in [0.3, 0.4) is 0 Å². The van der Waals surface area contributed by atoms with Gasteiger partial charge in [0.25, 0.3) is 5.56 Å². The van der Waals surface area contributed by atoms with E-state index in [1.807, 2.05) is 18.4 Å². The first-order valence-corrected chi connectivity index (χ1v) is 7.25. The first-order chi connectivity index (χ1) is 8.91. The van der Waals surface area contributed by atoms with Gasteiger partial charge in [-0.05, 0) is 52.9 Å². The average Bonchev–Trinajstić information content (AvgIpc) is 2.69. The summed E-state index contributed by atoms with van der Waals surface area (Å²) in [5, 5.41) is 11.0. The highest BCUT2D eigenvalue weighted by Gasteiger charge is 2.17. The number of carboxylic acid groups (broad SMARTS) is 1. The number of thiophene rings is 1. The highest BCUT2D eigenvalue weighted by atomic mass is 79.9. The molecule has 1 N–H and O–H groups in total. The highest BCUT2D eigenvalue weighted by Crippen LogP contribution is 2.23. The number of carboxylic acids is 1. The summed E-state index contributed by atoms with van der Waals surface area (Å²) in [6.07, 6.45) is 0. The number of aromatic carboxylic acids is 1. The molecular weight excluding hydrogens is 330 g/mol. The van der Waals surface area contributed by atoms with Crippen molar-refractivity contribution in [2.75, 3.05) is 0 Å². The first-order valence-electron chi connectivity index (χ1n) is 5.58. The maximum absolute atomic E-state index is 12.3. The van der Waals surface area contributed by atoms with Gasteiger partial charge >= 0.3 is 5.97 Å². The van der Waals surface area contributed by atoms with Gasteiger partial charge < -0.3 is 9.67 Å². The van der Waals surface area contributed by atoms with E-state index in [9.17, 15) is 9.59 Å². The largest absolute Gasteiger partial charge is 0.477 e. The van der Waals surface area contributed by atoms with E-state index < -0.39 is 11.5 Å². The van der Waals surface area contributed by atoms with Crippen molar-refractivity contribution in [1.29, 1.82) is 0 Å². The Morgan fingerprint density at radius 2 is 2.16 bits per heavy atom. The molecule has 100 valence electrons. The van der Waals surface area contributed by atoms with Crippen molar-refractivity contribution in [3.8, 4) is 0 Å². The highest BCUT2D eigenvalue weighted by molar-refractivity contribution is 9.10. The van der Waals surface area contributed by atoms with Gasteiger partial charge in [0.05, 0.1) is 6.54 Å². The minimum atomic E-state index is -1.18. The third-order valence-electron chi connectivity index (χ3n) is 2.91. The molecule has 0 fully saturated rings. The SMILES string of the molecule is Cc1cc(C)n(Cc2sccc2Br)c(=O)c1C(=O)O. The van der Waals surface area contributed by atoms with Crippen LogP contribution in [-0.4, -0.2) is 15.6 Å². The molecule has 0 unspecified atom stereocenters. The number of hydrogen-bond acceptors (Lipinski definition) is 3. The molecule has 0 aliphatic carbocycles. The summed E-state index contributed by atoms with van der Waals surface area (Å²) in [5.41, 5.74) is 0.646. The van der Waals surface area contributed by atoms with Crippen molar-refractivity contribution < 1.29 is 9.90 Å². The lowest BCUT2D eigenvalue weighted by Crippen LogP contribution is -2.29. The Morgan fingerprint density at radius 1 is 1.47 bits per heavy atom. The molecule has 19 heavy (non-hydrogen) atoms. The van der Waals surface area contributed by atoms with Crippen molar-refractivity contribution in [1.82, 2.24) is 4.57 Å². The third kappa shape index (κ3) is 2.64. The van der Waals surface area contributed by atoms with E-state index >= 15 is 0 Å². The molecule has 0 aliphatic rings.